The maximum Gasteiger partial charge on any atom is 0.175 e. The average Bonchev–Trinajstić information content (AvgIpc) is 2.56. The first-order valence-corrected chi connectivity index (χ1v) is 6.75. The highest BCUT2D eigenvalue weighted by Crippen LogP contribution is 2.32. The molecule has 0 bridgehead atoms. The lowest BCUT2D eigenvalue weighted by atomic mass is 10.1. The summed E-state index contributed by atoms with van der Waals surface area (Å²) in [7, 11) is 0. The van der Waals surface area contributed by atoms with Crippen molar-refractivity contribution in [1.82, 2.24) is 0 Å². The van der Waals surface area contributed by atoms with Crippen LogP contribution in [-0.4, -0.2) is 5.78 Å². The predicted molar refractivity (Wildman–Crippen MR) is 80.6 cm³/mol. The molecule has 0 aliphatic heterocycles. The predicted octanol–water partition coefficient (Wildman–Crippen LogP) is 4.94. The molecule has 0 heterocycles. The molecule has 0 saturated carbocycles. The number of benzene rings is 2. The van der Waals surface area contributed by atoms with Crippen LogP contribution < -0.4 is 4.74 Å². The third kappa shape index (κ3) is 3.42. The number of rotatable bonds is 6. The van der Waals surface area contributed by atoms with E-state index in [1.165, 1.54) is 12.1 Å². The summed E-state index contributed by atoms with van der Waals surface area (Å²) in [4.78, 5) is 14.3. The molecule has 0 aromatic heterocycles. The molecule has 0 radical (unpaired) electrons. The zero-order valence-electron chi connectivity index (χ0n) is 12.0. The van der Waals surface area contributed by atoms with Gasteiger partial charge in [0.15, 0.2) is 17.3 Å². The highest BCUT2D eigenvalue weighted by atomic mass is 19.1. The Kier molecular flexibility index (Phi) is 5.11. The van der Waals surface area contributed by atoms with E-state index in [2.05, 4.69) is 10.0 Å². The molecule has 0 aliphatic carbocycles. The minimum Gasteiger partial charge on any atom is -0.486 e. The molecule has 0 unspecified atom stereocenters. The van der Waals surface area contributed by atoms with Crippen molar-refractivity contribution in [2.75, 3.05) is 0 Å². The summed E-state index contributed by atoms with van der Waals surface area (Å²) in [5.41, 5.74) is 9.18. The van der Waals surface area contributed by atoms with E-state index in [9.17, 15) is 9.18 Å². The molecule has 2 aromatic rings. The molecule has 0 atom stereocenters. The molecule has 0 N–H and O–H groups in total. The fourth-order valence-electron chi connectivity index (χ4n) is 1.95. The summed E-state index contributed by atoms with van der Waals surface area (Å²) in [5, 5.41) is 3.30. The normalized spacial score (nSPS) is 9.91. The van der Waals surface area contributed by atoms with Crippen LogP contribution >= 0.6 is 0 Å². The van der Waals surface area contributed by atoms with E-state index in [4.69, 9.17) is 10.3 Å². The molecule has 0 aliphatic rings. The number of hydrogen-bond donors (Lipinski definition) is 0. The summed E-state index contributed by atoms with van der Waals surface area (Å²) in [6.07, 6.45) is 0.192. The molecule has 0 amide bonds. The number of hydrogen-bond acceptors (Lipinski definition) is 3. The van der Waals surface area contributed by atoms with E-state index in [-0.39, 0.29) is 35.8 Å². The van der Waals surface area contributed by atoms with Gasteiger partial charge in [-0.15, -0.1) is 0 Å². The molecule has 0 fully saturated rings. The molecular weight excluding hydrogens is 285 g/mol. The highest BCUT2D eigenvalue weighted by molar-refractivity contribution is 6.00. The standard InChI is InChI=1S/C16H14FN3O2/c1-2-13(21)12-8-9-14(15(17)16(12)19-20-18)22-10-11-6-4-3-5-7-11/h3-9H,2,10H2,1H3. The number of nitrogens with zero attached hydrogens (tertiary/aromatic N) is 3. The maximum absolute atomic E-state index is 14.4. The van der Waals surface area contributed by atoms with Gasteiger partial charge in [0, 0.05) is 16.9 Å². The van der Waals surface area contributed by atoms with Crippen LogP contribution in [-0.2, 0) is 6.61 Å². The first-order valence-electron chi connectivity index (χ1n) is 6.75. The second kappa shape index (κ2) is 7.24. The summed E-state index contributed by atoms with van der Waals surface area (Å²) >= 11 is 0. The van der Waals surface area contributed by atoms with Crippen molar-refractivity contribution >= 4 is 11.5 Å². The van der Waals surface area contributed by atoms with Crippen molar-refractivity contribution < 1.29 is 13.9 Å². The molecule has 6 heteroatoms. The number of ether oxygens (including phenoxy) is 1. The number of Topliss-reactive ketones (excluding diaryl/α,β-unsaturated/α-hetero) is 1. The Hall–Kier alpha value is -2.85. The molecule has 2 aromatic carbocycles. The van der Waals surface area contributed by atoms with Crippen molar-refractivity contribution in [2.24, 2.45) is 5.11 Å². The lowest BCUT2D eigenvalue weighted by molar-refractivity contribution is 0.0988. The summed E-state index contributed by atoms with van der Waals surface area (Å²) in [6.45, 7) is 1.83. The molecule has 22 heavy (non-hydrogen) atoms. The lowest BCUT2D eigenvalue weighted by Gasteiger charge is -2.11. The van der Waals surface area contributed by atoms with Crippen LogP contribution in [0.1, 0.15) is 29.3 Å². The minimum absolute atomic E-state index is 0.0566. The van der Waals surface area contributed by atoms with Crippen LogP contribution in [0.3, 0.4) is 0 Å². The van der Waals surface area contributed by atoms with Crippen LogP contribution in [0.25, 0.3) is 10.4 Å². The molecular formula is C16H14FN3O2. The zero-order valence-corrected chi connectivity index (χ0v) is 12.0. The smallest absolute Gasteiger partial charge is 0.175 e. The third-order valence-corrected chi connectivity index (χ3v) is 3.08. The van der Waals surface area contributed by atoms with Gasteiger partial charge in [0.25, 0.3) is 0 Å². The van der Waals surface area contributed by atoms with Crippen molar-refractivity contribution in [1.29, 1.82) is 0 Å². The number of halogens is 1. The van der Waals surface area contributed by atoms with Crippen LogP contribution in [0.4, 0.5) is 10.1 Å². The van der Waals surface area contributed by atoms with Gasteiger partial charge in [-0.3, -0.25) is 4.79 Å². The molecule has 2 rings (SSSR count). The van der Waals surface area contributed by atoms with Gasteiger partial charge in [-0.25, -0.2) is 4.39 Å². The second-order valence-electron chi connectivity index (χ2n) is 4.51. The Morgan fingerprint density at radius 2 is 2.00 bits per heavy atom. The first-order chi connectivity index (χ1) is 10.7. The van der Waals surface area contributed by atoms with Gasteiger partial charge >= 0.3 is 0 Å². The van der Waals surface area contributed by atoms with Crippen LogP contribution in [0.2, 0.25) is 0 Å². The van der Waals surface area contributed by atoms with Crippen molar-refractivity contribution in [2.45, 2.75) is 20.0 Å². The molecule has 0 saturated heterocycles. The van der Waals surface area contributed by atoms with Gasteiger partial charge in [-0.05, 0) is 23.2 Å². The lowest BCUT2D eigenvalue weighted by Crippen LogP contribution is -2.02. The van der Waals surface area contributed by atoms with Crippen molar-refractivity contribution in [3.05, 3.63) is 69.9 Å². The van der Waals surface area contributed by atoms with Gasteiger partial charge in [0.05, 0.1) is 5.69 Å². The Morgan fingerprint density at radius 1 is 1.27 bits per heavy atom. The van der Waals surface area contributed by atoms with E-state index in [1.54, 1.807) is 6.92 Å². The summed E-state index contributed by atoms with van der Waals surface area (Å²) in [6, 6.07) is 12.1. The van der Waals surface area contributed by atoms with Gasteiger partial charge in [-0.1, -0.05) is 42.4 Å². The molecule has 5 nitrogen and oxygen atoms in total. The zero-order chi connectivity index (χ0) is 15.9. The van der Waals surface area contributed by atoms with Gasteiger partial charge in [0.1, 0.15) is 6.61 Å². The van der Waals surface area contributed by atoms with E-state index in [1.807, 2.05) is 30.3 Å². The number of carbonyl (C=O) groups excluding carboxylic acids is 1. The van der Waals surface area contributed by atoms with Crippen LogP contribution in [0.5, 0.6) is 5.75 Å². The van der Waals surface area contributed by atoms with Crippen molar-refractivity contribution in [3.63, 3.8) is 0 Å². The van der Waals surface area contributed by atoms with Gasteiger partial charge in [0.2, 0.25) is 0 Å². The number of ketones is 1. The van der Waals surface area contributed by atoms with E-state index < -0.39 is 5.82 Å². The average molecular weight is 299 g/mol. The Bertz CT molecular complexity index is 726. The Morgan fingerprint density at radius 3 is 2.64 bits per heavy atom. The largest absolute Gasteiger partial charge is 0.486 e. The van der Waals surface area contributed by atoms with E-state index in [0.717, 1.165) is 5.56 Å². The summed E-state index contributed by atoms with van der Waals surface area (Å²) in [5.74, 6) is -1.18. The van der Waals surface area contributed by atoms with Gasteiger partial charge in [-0.2, -0.15) is 0 Å². The third-order valence-electron chi connectivity index (χ3n) is 3.08. The highest BCUT2D eigenvalue weighted by Gasteiger charge is 2.17. The second-order valence-corrected chi connectivity index (χ2v) is 4.51. The SMILES string of the molecule is CCC(=O)c1ccc(OCc2ccccc2)c(F)c1N=[N+]=[N-]. The topological polar surface area (TPSA) is 75.1 Å². The molecule has 112 valence electrons. The maximum atomic E-state index is 14.4. The minimum atomic E-state index is -0.826. The quantitative estimate of drug-likeness (QED) is 0.328. The van der Waals surface area contributed by atoms with Crippen molar-refractivity contribution in [3.8, 4) is 5.75 Å². The number of carbonyl (C=O) groups is 1. The van der Waals surface area contributed by atoms with E-state index >= 15 is 0 Å². The fourth-order valence-corrected chi connectivity index (χ4v) is 1.95. The fraction of sp³-hybridized carbons (Fsp3) is 0.188. The first kappa shape index (κ1) is 15.5. The number of azide groups is 1. The monoisotopic (exact) mass is 299 g/mol. The summed E-state index contributed by atoms with van der Waals surface area (Å²) < 4.78 is 19.8. The van der Waals surface area contributed by atoms with Crippen LogP contribution in [0, 0.1) is 5.82 Å². The Balaban J connectivity index is 2.31. The molecule has 0 spiro atoms. The van der Waals surface area contributed by atoms with Crippen LogP contribution in [0.15, 0.2) is 47.6 Å². The van der Waals surface area contributed by atoms with E-state index in [0.29, 0.717) is 0 Å². The van der Waals surface area contributed by atoms with Gasteiger partial charge < -0.3 is 4.74 Å². The Labute approximate surface area is 127 Å².